The largest absolute Gasteiger partial charge is 0.366 e. The fourth-order valence-corrected chi connectivity index (χ4v) is 2.18. The average Bonchev–Trinajstić information content (AvgIpc) is 2.38. The molecule has 0 radical (unpaired) electrons. The van der Waals surface area contributed by atoms with Gasteiger partial charge in [-0.1, -0.05) is 0 Å². The predicted octanol–water partition coefficient (Wildman–Crippen LogP) is 1.43. The maximum absolute atomic E-state index is 11.0. The number of piperidine rings is 1. The second kappa shape index (κ2) is 5.19. The van der Waals surface area contributed by atoms with Gasteiger partial charge in [-0.05, 0) is 18.9 Å². The third-order valence-electron chi connectivity index (χ3n) is 3.25. The van der Waals surface area contributed by atoms with Crippen molar-refractivity contribution in [1.29, 1.82) is 0 Å². The highest BCUT2D eigenvalue weighted by molar-refractivity contribution is 5.67. The van der Waals surface area contributed by atoms with Crippen molar-refractivity contribution >= 4 is 17.1 Å². The second-order valence-electron chi connectivity index (χ2n) is 4.51. The molecule has 1 aromatic rings. The smallest absolute Gasteiger partial charge is 0.299 e. The molecule has 0 amide bonds. The highest BCUT2D eigenvalue weighted by Gasteiger charge is 2.25. The van der Waals surface area contributed by atoms with E-state index in [1.165, 1.54) is 12.1 Å². The Kier molecular flexibility index (Phi) is 3.61. The maximum atomic E-state index is 11.0. The molecule has 0 aliphatic carbocycles. The number of benzene rings is 1. The lowest BCUT2D eigenvalue weighted by atomic mass is 10.0. The summed E-state index contributed by atoms with van der Waals surface area (Å²) in [5.74, 6) is 0. The quantitative estimate of drug-likeness (QED) is 0.653. The highest BCUT2D eigenvalue weighted by Crippen LogP contribution is 2.33. The summed E-state index contributed by atoms with van der Waals surface area (Å²) < 4.78 is 0. The van der Waals surface area contributed by atoms with Gasteiger partial charge in [0.05, 0.1) is 15.9 Å². The summed E-state index contributed by atoms with van der Waals surface area (Å²) >= 11 is 0. The van der Waals surface area contributed by atoms with Gasteiger partial charge in [-0.2, -0.15) is 0 Å². The van der Waals surface area contributed by atoms with Gasteiger partial charge in [0.25, 0.3) is 11.4 Å². The van der Waals surface area contributed by atoms with Crippen molar-refractivity contribution < 1.29 is 9.85 Å². The summed E-state index contributed by atoms with van der Waals surface area (Å²) in [6.45, 7) is 1.25. The van der Waals surface area contributed by atoms with Gasteiger partial charge in [0.15, 0.2) is 0 Å². The number of nitro benzene ring substituents is 2. The summed E-state index contributed by atoms with van der Waals surface area (Å²) in [5.41, 5.74) is 5.70. The zero-order valence-corrected chi connectivity index (χ0v) is 10.2. The Hall–Kier alpha value is -2.22. The van der Waals surface area contributed by atoms with Crippen LogP contribution in [0.15, 0.2) is 18.2 Å². The summed E-state index contributed by atoms with van der Waals surface area (Å²) in [7, 11) is 0. The molecule has 102 valence electrons. The SMILES string of the molecule is NC1CCN(c2ccc([N+](=O)[O-])cc2[N+](=O)[O-])CC1. The average molecular weight is 266 g/mol. The number of hydrogen-bond donors (Lipinski definition) is 1. The van der Waals surface area contributed by atoms with Gasteiger partial charge in [-0.15, -0.1) is 0 Å². The van der Waals surface area contributed by atoms with E-state index in [9.17, 15) is 20.2 Å². The maximum Gasteiger partial charge on any atom is 0.299 e. The van der Waals surface area contributed by atoms with E-state index in [1.807, 2.05) is 4.90 Å². The third kappa shape index (κ3) is 2.79. The summed E-state index contributed by atoms with van der Waals surface area (Å²) in [4.78, 5) is 22.3. The van der Waals surface area contributed by atoms with Gasteiger partial charge in [0.2, 0.25) is 0 Å². The molecule has 0 saturated carbocycles. The lowest BCUT2D eigenvalue weighted by Gasteiger charge is -2.31. The normalized spacial score (nSPS) is 16.4. The molecule has 1 aliphatic heterocycles. The molecule has 0 spiro atoms. The lowest BCUT2D eigenvalue weighted by Crippen LogP contribution is -2.39. The van der Waals surface area contributed by atoms with Crippen molar-refractivity contribution in [2.75, 3.05) is 18.0 Å². The first-order valence-corrected chi connectivity index (χ1v) is 5.92. The molecule has 1 heterocycles. The Morgan fingerprint density at radius 2 is 1.79 bits per heavy atom. The topological polar surface area (TPSA) is 116 Å². The molecule has 0 bridgehead atoms. The van der Waals surface area contributed by atoms with Crippen LogP contribution in [0.3, 0.4) is 0 Å². The summed E-state index contributed by atoms with van der Waals surface area (Å²) in [6.07, 6.45) is 1.52. The van der Waals surface area contributed by atoms with E-state index in [-0.39, 0.29) is 17.4 Å². The predicted molar refractivity (Wildman–Crippen MR) is 69.2 cm³/mol. The fourth-order valence-electron chi connectivity index (χ4n) is 2.18. The lowest BCUT2D eigenvalue weighted by molar-refractivity contribution is -0.393. The van der Waals surface area contributed by atoms with E-state index in [2.05, 4.69) is 0 Å². The number of nitro groups is 2. The van der Waals surface area contributed by atoms with E-state index in [0.29, 0.717) is 18.8 Å². The highest BCUT2D eigenvalue weighted by atomic mass is 16.6. The molecule has 0 aromatic heterocycles. The molecule has 19 heavy (non-hydrogen) atoms. The molecule has 1 aromatic carbocycles. The fraction of sp³-hybridized carbons (Fsp3) is 0.455. The van der Waals surface area contributed by atoms with Crippen molar-refractivity contribution in [3.63, 3.8) is 0 Å². The molecule has 8 nitrogen and oxygen atoms in total. The molecule has 0 atom stereocenters. The van der Waals surface area contributed by atoms with Crippen LogP contribution in [0.4, 0.5) is 17.1 Å². The van der Waals surface area contributed by atoms with Crippen LogP contribution in [-0.2, 0) is 0 Å². The molecule has 1 aliphatic rings. The van der Waals surface area contributed by atoms with Gasteiger partial charge >= 0.3 is 0 Å². The third-order valence-corrected chi connectivity index (χ3v) is 3.25. The van der Waals surface area contributed by atoms with E-state index in [1.54, 1.807) is 0 Å². The standard InChI is InChI=1S/C11H14N4O4/c12-8-3-5-13(6-4-8)10-2-1-9(14(16)17)7-11(10)15(18)19/h1-2,7-8H,3-6,12H2. The van der Waals surface area contributed by atoms with E-state index in [0.717, 1.165) is 18.9 Å². The molecule has 0 unspecified atom stereocenters. The van der Waals surface area contributed by atoms with E-state index in [4.69, 9.17) is 5.73 Å². The Bertz CT molecular complexity index is 511. The van der Waals surface area contributed by atoms with Gasteiger partial charge in [-0.3, -0.25) is 20.2 Å². The first kappa shape index (κ1) is 13.2. The van der Waals surface area contributed by atoms with Gasteiger partial charge < -0.3 is 10.6 Å². The molecular weight excluding hydrogens is 252 g/mol. The Labute approximate surface area is 109 Å². The minimum absolute atomic E-state index is 0.119. The zero-order chi connectivity index (χ0) is 14.0. The molecule has 8 heteroatoms. The van der Waals surface area contributed by atoms with Gasteiger partial charge in [0, 0.05) is 25.2 Å². The molecule has 1 saturated heterocycles. The first-order valence-electron chi connectivity index (χ1n) is 5.92. The summed E-state index contributed by atoms with van der Waals surface area (Å²) in [6, 6.07) is 3.85. The van der Waals surface area contributed by atoms with E-state index >= 15 is 0 Å². The van der Waals surface area contributed by atoms with Crippen molar-refractivity contribution in [1.82, 2.24) is 0 Å². The molecule has 2 rings (SSSR count). The molecule has 2 N–H and O–H groups in total. The second-order valence-corrected chi connectivity index (χ2v) is 4.51. The van der Waals surface area contributed by atoms with E-state index < -0.39 is 9.85 Å². The number of nitrogens with zero attached hydrogens (tertiary/aromatic N) is 3. The Balaban J connectivity index is 2.34. The minimum Gasteiger partial charge on any atom is -0.366 e. The van der Waals surface area contributed by atoms with Crippen LogP contribution in [0, 0.1) is 20.2 Å². The summed E-state index contributed by atoms with van der Waals surface area (Å²) in [5, 5.41) is 21.7. The van der Waals surface area contributed by atoms with Crippen LogP contribution in [0.2, 0.25) is 0 Å². The van der Waals surface area contributed by atoms with Gasteiger partial charge in [0.1, 0.15) is 5.69 Å². The number of non-ortho nitro benzene ring substituents is 1. The van der Waals surface area contributed by atoms with Crippen LogP contribution in [0.1, 0.15) is 12.8 Å². The molecule has 1 fully saturated rings. The number of nitrogens with two attached hydrogens (primary N) is 1. The van der Waals surface area contributed by atoms with Crippen molar-refractivity contribution in [2.24, 2.45) is 5.73 Å². The Morgan fingerprint density at radius 1 is 1.16 bits per heavy atom. The van der Waals surface area contributed by atoms with Crippen LogP contribution in [0.25, 0.3) is 0 Å². The van der Waals surface area contributed by atoms with Crippen LogP contribution in [-0.4, -0.2) is 29.0 Å². The monoisotopic (exact) mass is 266 g/mol. The zero-order valence-electron chi connectivity index (χ0n) is 10.2. The molecular formula is C11H14N4O4. The number of anilines is 1. The number of rotatable bonds is 3. The van der Waals surface area contributed by atoms with Crippen molar-refractivity contribution in [3.8, 4) is 0 Å². The van der Waals surface area contributed by atoms with Crippen LogP contribution >= 0.6 is 0 Å². The van der Waals surface area contributed by atoms with Crippen molar-refractivity contribution in [2.45, 2.75) is 18.9 Å². The van der Waals surface area contributed by atoms with Crippen LogP contribution in [0.5, 0.6) is 0 Å². The van der Waals surface area contributed by atoms with Crippen molar-refractivity contribution in [3.05, 3.63) is 38.4 Å². The first-order chi connectivity index (χ1) is 8.99. The van der Waals surface area contributed by atoms with Crippen LogP contribution < -0.4 is 10.6 Å². The number of hydrogen-bond acceptors (Lipinski definition) is 6. The van der Waals surface area contributed by atoms with Gasteiger partial charge in [-0.25, -0.2) is 0 Å². The minimum atomic E-state index is -0.636. The Morgan fingerprint density at radius 3 is 2.32 bits per heavy atom.